The number of aromatic amines is 1. The van der Waals surface area contributed by atoms with Gasteiger partial charge in [-0.1, -0.05) is 41.9 Å². The molecule has 0 unspecified atom stereocenters. The smallest absolute Gasteiger partial charge is 0.259 e. The summed E-state index contributed by atoms with van der Waals surface area (Å²) < 4.78 is 11.7. The predicted octanol–water partition coefficient (Wildman–Crippen LogP) is 5.22. The number of fused-ring (bicyclic) bond motifs is 1. The van der Waals surface area contributed by atoms with Crippen molar-refractivity contribution in [2.45, 2.75) is 13.5 Å². The van der Waals surface area contributed by atoms with Gasteiger partial charge in [0.05, 0.1) is 17.5 Å². The van der Waals surface area contributed by atoms with E-state index in [9.17, 15) is 4.79 Å². The van der Waals surface area contributed by atoms with Gasteiger partial charge in [0.15, 0.2) is 11.5 Å². The van der Waals surface area contributed by atoms with Crippen molar-refractivity contribution in [2.24, 2.45) is 0 Å². The molecule has 0 atom stereocenters. The normalized spacial score (nSPS) is 10.8. The summed E-state index contributed by atoms with van der Waals surface area (Å²) in [5.41, 5.74) is 2.09. The summed E-state index contributed by atoms with van der Waals surface area (Å²) in [6.45, 7) is 2.71. The zero-order valence-electron chi connectivity index (χ0n) is 15.8. The van der Waals surface area contributed by atoms with Crippen molar-refractivity contribution in [3.05, 3.63) is 87.7 Å². The highest BCUT2D eigenvalue weighted by Crippen LogP contribution is 2.33. The van der Waals surface area contributed by atoms with E-state index < -0.39 is 0 Å². The molecular formula is C23H19ClN2O3. The third kappa shape index (κ3) is 4.10. The van der Waals surface area contributed by atoms with Gasteiger partial charge in [-0.3, -0.25) is 4.79 Å². The molecule has 0 fully saturated rings. The molecule has 0 spiro atoms. The molecule has 6 heteroatoms. The van der Waals surface area contributed by atoms with E-state index in [-0.39, 0.29) is 5.56 Å². The Hall–Kier alpha value is -3.31. The lowest BCUT2D eigenvalue weighted by molar-refractivity contribution is 0.269. The summed E-state index contributed by atoms with van der Waals surface area (Å²) >= 11 is 6.21. The lowest BCUT2D eigenvalue weighted by Crippen LogP contribution is -2.09. The third-order valence-electron chi connectivity index (χ3n) is 4.47. The van der Waals surface area contributed by atoms with E-state index in [4.69, 9.17) is 21.1 Å². The number of H-pyrrole nitrogens is 1. The summed E-state index contributed by atoms with van der Waals surface area (Å²) in [7, 11) is 0. The number of ether oxygens (including phenoxy) is 2. The zero-order valence-corrected chi connectivity index (χ0v) is 16.6. The van der Waals surface area contributed by atoms with Crippen LogP contribution < -0.4 is 15.0 Å². The maximum atomic E-state index is 12.4. The van der Waals surface area contributed by atoms with Crippen molar-refractivity contribution in [3.63, 3.8) is 0 Å². The van der Waals surface area contributed by atoms with Gasteiger partial charge in [0.2, 0.25) is 0 Å². The molecule has 4 aromatic rings. The van der Waals surface area contributed by atoms with Crippen molar-refractivity contribution < 1.29 is 9.47 Å². The molecule has 0 saturated carbocycles. The number of hydrogen-bond donors (Lipinski definition) is 1. The SMILES string of the molecule is CCOc1cc(-c2nc3ccccc3c(=O)[nH]2)ccc1OCc1ccccc1Cl. The number of aromatic nitrogens is 2. The molecule has 146 valence electrons. The number of nitrogens with one attached hydrogen (secondary N) is 1. The minimum absolute atomic E-state index is 0.178. The van der Waals surface area contributed by atoms with E-state index >= 15 is 0 Å². The van der Waals surface area contributed by atoms with Gasteiger partial charge in [0.1, 0.15) is 12.4 Å². The zero-order chi connectivity index (χ0) is 20.2. The first-order valence-corrected chi connectivity index (χ1v) is 9.66. The van der Waals surface area contributed by atoms with Gasteiger partial charge < -0.3 is 14.5 Å². The maximum Gasteiger partial charge on any atom is 0.259 e. The largest absolute Gasteiger partial charge is 0.490 e. The molecule has 1 N–H and O–H groups in total. The number of benzene rings is 3. The first-order valence-electron chi connectivity index (χ1n) is 9.28. The predicted molar refractivity (Wildman–Crippen MR) is 115 cm³/mol. The van der Waals surface area contributed by atoms with E-state index in [0.29, 0.717) is 46.5 Å². The Bertz CT molecular complexity index is 1220. The fraction of sp³-hybridized carbons (Fsp3) is 0.130. The van der Waals surface area contributed by atoms with Crippen molar-refractivity contribution >= 4 is 22.5 Å². The summed E-state index contributed by atoms with van der Waals surface area (Å²) in [5, 5.41) is 1.21. The highest BCUT2D eigenvalue weighted by molar-refractivity contribution is 6.31. The molecule has 0 aliphatic heterocycles. The van der Waals surface area contributed by atoms with Crippen LogP contribution in [-0.2, 0) is 6.61 Å². The fourth-order valence-electron chi connectivity index (χ4n) is 3.04. The first kappa shape index (κ1) is 19.0. The second kappa shape index (κ2) is 8.37. The third-order valence-corrected chi connectivity index (χ3v) is 4.84. The topological polar surface area (TPSA) is 64.2 Å². The van der Waals surface area contributed by atoms with Gasteiger partial charge in [0, 0.05) is 16.1 Å². The summed E-state index contributed by atoms with van der Waals surface area (Å²) in [6, 6.07) is 20.3. The molecule has 0 aliphatic rings. The lowest BCUT2D eigenvalue weighted by atomic mass is 10.1. The van der Waals surface area contributed by atoms with Crippen LogP contribution in [0.3, 0.4) is 0 Å². The molecule has 0 radical (unpaired) electrons. The van der Waals surface area contributed by atoms with E-state index in [1.165, 1.54) is 0 Å². The van der Waals surface area contributed by atoms with Crippen LogP contribution in [0.1, 0.15) is 12.5 Å². The van der Waals surface area contributed by atoms with Crippen LogP contribution in [0.25, 0.3) is 22.3 Å². The minimum Gasteiger partial charge on any atom is -0.490 e. The molecule has 0 bridgehead atoms. The van der Waals surface area contributed by atoms with E-state index in [1.54, 1.807) is 6.07 Å². The Morgan fingerprint density at radius 3 is 2.59 bits per heavy atom. The summed E-state index contributed by atoms with van der Waals surface area (Å²) in [5.74, 6) is 1.65. The molecule has 4 rings (SSSR count). The quantitative estimate of drug-likeness (QED) is 0.476. The van der Waals surface area contributed by atoms with Crippen LogP contribution in [0.4, 0.5) is 0 Å². The van der Waals surface area contributed by atoms with Crippen LogP contribution in [-0.4, -0.2) is 16.6 Å². The van der Waals surface area contributed by atoms with E-state index in [2.05, 4.69) is 9.97 Å². The Labute approximate surface area is 172 Å². The number of rotatable bonds is 6. The van der Waals surface area contributed by atoms with Crippen LogP contribution in [0.2, 0.25) is 5.02 Å². The van der Waals surface area contributed by atoms with Crippen molar-refractivity contribution in [1.29, 1.82) is 0 Å². The van der Waals surface area contributed by atoms with Crippen LogP contribution in [0, 0.1) is 0 Å². The van der Waals surface area contributed by atoms with Crippen molar-refractivity contribution in [1.82, 2.24) is 9.97 Å². The van der Waals surface area contributed by atoms with E-state index in [0.717, 1.165) is 11.1 Å². The standard InChI is InChI=1S/C23H19ClN2O3/c1-2-28-21-13-15(22-25-19-10-6-4-8-17(19)23(27)26-22)11-12-20(21)29-14-16-7-3-5-9-18(16)24/h3-13H,2,14H2,1H3,(H,25,26,27). The average molecular weight is 407 g/mol. The maximum absolute atomic E-state index is 12.4. The summed E-state index contributed by atoms with van der Waals surface area (Å²) in [4.78, 5) is 19.8. The number of halogens is 1. The lowest BCUT2D eigenvalue weighted by Gasteiger charge is -2.14. The monoisotopic (exact) mass is 406 g/mol. The van der Waals surface area contributed by atoms with Crippen molar-refractivity contribution in [2.75, 3.05) is 6.61 Å². The Morgan fingerprint density at radius 2 is 1.76 bits per heavy atom. The Morgan fingerprint density at radius 1 is 0.966 bits per heavy atom. The average Bonchev–Trinajstić information content (AvgIpc) is 2.74. The van der Waals surface area contributed by atoms with E-state index in [1.807, 2.05) is 67.6 Å². The number of nitrogens with zero attached hydrogens (tertiary/aromatic N) is 1. The van der Waals surface area contributed by atoms with Crippen LogP contribution in [0.15, 0.2) is 71.5 Å². The number of hydrogen-bond acceptors (Lipinski definition) is 4. The molecule has 0 amide bonds. The highest BCUT2D eigenvalue weighted by atomic mass is 35.5. The summed E-state index contributed by atoms with van der Waals surface area (Å²) in [6.07, 6.45) is 0. The minimum atomic E-state index is -0.178. The van der Waals surface area contributed by atoms with Crippen molar-refractivity contribution in [3.8, 4) is 22.9 Å². The van der Waals surface area contributed by atoms with Gasteiger partial charge in [-0.05, 0) is 43.3 Å². The van der Waals surface area contributed by atoms with Gasteiger partial charge in [-0.25, -0.2) is 4.98 Å². The second-order valence-electron chi connectivity index (χ2n) is 6.41. The van der Waals surface area contributed by atoms with Gasteiger partial charge >= 0.3 is 0 Å². The van der Waals surface area contributed by atoms with Gasteiger partial charge in [0.25, 0.3) is 5.56 Å². The van der Waals surface area contributed by atoms with Crippen LogP contribution >= 0.6 is 11.6 Å². The molecule has 0 aliphatic carbocycles. The Balaban J connectivity index is 1.67. The van der Waals surface area contributed by atoms with Gasteiger partial charge in [-0.15, -0.1) is 0 Å². The first-order chi connectivity index (χ1) is 14.2. The molecule has 0 saturated heterocycles. The molecule has 3 aromatic carbocycles. The van der Waals surface area contributed by atoms with Crippen LogP contribution in [0.5, 0.6) is 11.5 Å². The molecule has 5 nitrogen and oxygen atoms in total. The highest BCUT2D eigenvalue weighted by Gasteiger charge is 2.12. The van der Waals surface area contributed by atoms with Gasteiger partial charge in [-0.2, -0.15) is 0 Å². The Kier molecular flexibility index (Phi) is 5.49. The second-order valence-corrected chi connectivity index (χ2v) is 6.81. The number of para-hydroxylation sites is 1. The molecule has 1 heterocycles. The molecule has 1 aromatic heterocycles. The fourth-order valence-corrected chi connectivity index (χ4v) is 3.23. The molecule has 29 heavy (non-hydrogen) atoms. The molecular weight excluding hydrogens is 388 g/mol.